The second kappa shape index (κ2) is 33.6. The molecule has 30 rings (SSSR count). The first-order chi connectivity index (χ1) is 73.5. The van der Waals surface area contributed by atoms with Crippen molar-refractivity contribution in [3.05, 3.63) is 542 Å². The Kier molecular flexibility index (Phi) is 19.7. The topological polar surface area (TPSA) is 22.8 Å². The first kappa shape index (κ1) is 88.2. The fraction of sp³-hybridized carbons (Fsp3) is 0.0833. The second-order valence-electron chi connectivity index (χ2n) is 43.3. The van der Waals surface area contributed by atoms with Gasteiger partial charge in [-0.1, -0.05) is 371 Å². The number of benzene rings is 24. The van der Waals surface area contributed by atoms with Crippen LogP contribution in [0.3, 0.4) is 0 Å². The molecule has 0 saturated carbocycles. The van der Waals surface area contributed by atoms with Gasteiger partial charge >= 0.3 is 0 Å². The van der Waals surface area contributed by atoms with Crippen LogP contribution in [0, 0.1) is 0 Å². The second-order valence-corrected chi connectivity index (χ2v) is 43.3. The van der Waals surface area contributed by atoms with E-state index in [1.54, 1.807) is 0 Å². The predicted octanol–water partition coefficient (Wildman–Crippen LogP) is 39.6. The molecule has 150 heavy (non-hydrogen) atoms. The van der Waals surface area contributed by atoms with Gasteiger partial charge in [0.05, 0.1) is 33.4 Å². The molecule has 26 aromatic rings. The highest BCUT2D eigenvalue weighted by Crippen LogP contribution is 2.64. The number of aromatic nitrogens is 2. The predicted molar refractivity (Wildman–Crippen MR) is 636 cm³/mol. The normalized spacial score (nSPS) is 13.8. The summed E-state index contributed by atoms with van der Waals surface area (Å²) < 4.78 is 4.79. The van der Waals surface area contributed by atoms with E-state index in [2.05, 4.69) is 582 Å². The van der Waals surface area contributed by atoms with E-state index in [9.17, 15) is 0 Å². The van der Waals surface area contributed by atoms with Crippen LogP contribution in [0.5, 0.6) is 0 Å². The third kappa shape index (κ3) is 13.2. The molecule has 0 spiro atoms. The average molecular weight is 1920 g/mol. The van der Waals surface area contributed by atoms with Gasteiger partial charge in [-0.15, -0.1) is 0 Å². The molecule has 6 nitrogen and oxygen atoms in total. The van der Waals surface area contributed by atoms with E-state index >= 15 is 0 Å². The zero-order valence-corrected chi connectivity index (χ0v) is 85.0. The number of rotatable bonds is 14. The van der Waals surface area contributed by atoms with Crippen molar-refractivity contribution in [2.24, 2.45) is 0 Å². The summed E-state index contributed by atoms with van der Waals surface area (Å²) in [5, 5.41) is 20.0. The number of hydrogen-bond acceptors (Lipinski definition) is 4. The van der Waals surface area contributed by atoms with Crippen LogP contribution in [0.25, 0.3) is 164 Å². The minimum atomic E-state index is -0.375. The van der Waals surface area contributed by atoms with Gasteiger partial charge in [0.1, 0.15) is 0 Å². The number of para-hydroxylation sites is 8. The summed E-state index contributed by atoms with van der Waals surface area (Å²) in [7, 11) is 0. The minimum Gasteiger partial charge on any atom is -0.310 e. The highest BCUT2D eigenvalue weighted by Gasteiger charge is 2.45. The van der Waals surface area contributed by atoms with Crippen molar-refractivity contribution in [2.75, 3.05) is 19.6 Å². The fourth-order valence-corrected chi connectivity index (χ4v) is 27.0. The first-order valence-corrected chi connectivity index (χ1v) is 52.7. The fourth-order valence-electron chi connectivity index (χ4n) is 27.0. The molecule has 0 N–H and O–H groups in total. The lowest BCUT2D eigenvalue weighted by atomic mass is 9.78. The smallest absolute Gasteiger partial charge is 0.0543 e. The van der Waals surface area contributed by atoms with Crippen LogP contribution in [0.4, 0.5) is 68.2 Å². The van der Waals surface area contributed by atoms with Crippen LogP contribution in [-0.4, -0.2) is 9.13 Å². The number of hydrogen-bond donors (Lipinski definition) is 0. The SMILES string of the molecule is CC1(C)c2cc(N(c3ccccc3)c3ccc4c(c3)c3ccccc3n4-c3ccccc3)c3ccccc3c2-c2c1c1ccc(N(c3ccccc3)c3ccc4c(c3)c3ccccc3n4-c3ccccc3)cc1c1ccccc21.CC1(C)c2ccccc2-c2ccc(N(c3ccccc3)c3ccc4c5c(c6ccccc6c4c3)-c3c(cc(N(c4ccccc4)c4ccc6c(c4)C(C)(C)c4ccccc4-6)c4ccccc34)C5(C)C)cc21. The van der Waals surface area contributed by atoms with Crippen molar-refractivity contribution in [1.82, 2.24) is 9.13 Å². The summed E-state index contributed by atoms with van der Waals surface area (Å²) >= 11 is 0. The van der Waals surface area contributed by atoms with Crippen molar-refractivity contribution < 1.29 is 0 Å². The van der Waals surface area contributed by atoms with Gasteiger partial charge in [-0.05, 0) is 325 Å². The monoisotopic (exact) mass is 1920 g/mol. The van der Waals surface area contributed by atoms with Gasteiger partial charge in [-0.2, -0.15) is 0 Å². The third-order valence-electron chi connectivity index (χ3n) is 33.7. The Hall–Kier alpha value is -18.4. The van der Waals surface area contributed by atoms with E-state index in [-0.39, 0.29) is 21.7 Å². The molecule has 0 amide bonds. The number of fused-ring (bicyclic) bond motifs is 32. The van der Waals surface area contributed by atoms with E-state index in [0.717, 1.165) is 73.9 Å². The maximum Gasteiger partial charge on any atom is 0.0543 e. The maximum atomic E-state index is 2.54. The molecule has 4 aliphatic carbocycles. The Morgan fingerprint density at radius 1 is 0.147 bits per heavy atom. The quantitative estimate of drug-likeness (QED) is 0.101. The van der Waals surface area contributed by atoms with Gasteiger partial charge in [0.25, 0.3) is 0 Å². The molecule has 0 saturated heterocycles. The molecule has 24 aromatic carbocycles. The van der Waals surface area contributed by atoms with Gasteiger partial charge in [0, 0.05) is 122 Å². The van der Waals surface area contributed by atoms with Crippen LogP contribution < -0.4 is 19.6 Å². The molecule has 4 aliphatic rings. The molecule has 0 atom stereocenters. The number of anilines is 12. The highest BCUT2D eigenvalue weighted by atomic mass is 15.2. The molecule has 0 aliphatic heterocycles. The standard InChI is InChI=1S/C75H52N4.C69H54N2/c1-75(2)66-48-71(77(50-25-9-4-10-26-50)55-41-44-70-65(47-55)59-34-20-22-38-68(59)79(70)52-29-13-6-14-30-52)57-32-16-18-36-61(57)72(66)73-60-35-17-15-31-56(60)63-45-53(39-42-62(63)74(73)75)76(49-23-7-3-8-24-49)54-40-43-69-64(46-54)58-33-19-21-37-67(58)78(69)51-27-11-5-12-28-51;1-67(2)58-31-19-17-26-49(58)51-36-33-46(40-60(51)67)70(43-21-9-7-10-22-43)45-35-38-56-57(39-45)48-25-13-15-29-54(48)65-64-55-30-16-14-28-53(55)63(42-62(64)69(5,6)66(56)65)71(44-23-11-8-12-24-44)47-34-37-52-50-27-18-20-32-59(50)68(3,4)61(52)41-47/h3-48H,1-2H3;7-42H,1-6H3. The molecule has 6 heteroatoms. The van der Waals surface area contributed by atoms with Crippen LogP contribution >= 0.6 is 0 Å². The summed E-state index contributed by atoms with van der Waals surface area (Å²) in [6, 6.07) is 185. The highest BCUT2D eigenvalue weighted by molar-refractivity contribution is 6.26. The van der Waals surface area contributed by atoms with E-state index in [1.165, 1.54) is 203 Å². The maximum absolute atomic E-state index is 2.54. The Labute approximate surface area is 873 Å². The van der Waals surface area contributed by atoms with Crippen LogP contribution in [-0.2, 0) is 21.7 Å². The van der Waals surface area contributed by atoms with Crippen LogP contribution in [0.2, 0.25) is 0 Å². The molecule has 0 unspecified atom stereocenters. The van der Waals surface area contributed by atoms with E-state index in [1.807, 2.05) is 0 Å². The van der Waals surface area contributed by atoms with E-state index < -0.39 is 0 Å². The summed E-state index contributed by atoms with van der Waals surface area (Å²) in [5.41, 5.74) is 41.4. The minimum absolute atomic E-state index is 0.113. The molecule has 0 fully saturated rings. The molecule has 2 aromatic heterocycles. The summed E-state index contributed by atoms with van der Waals surface area (Å²) in [4.78, 5) is 9.90. The van der Waals surface area contributed by atoms with Crippen molar-refractivity contribution >= 4 is 176 Å². The zero-order chi connectivity index (χ0) is 100. The van der Waals surface area contributed by atoms with Crippen LogP contribution in [0.1, 0.15) is 99.9 Å². The first-order valence-electron chi connectivity index (χ1n) is 52.7. The average Bonchev–Trinajstić information content (AvgIpc) is 1.53. The summed E-state index contributed by atoms with van der Waals surface area (Å²) in [6.07, 6.45) is 0. The van der Waals surface area contributed by atoms with Crippen LogP contribution in [0.15, 0.2) is 497 Å². The molecule has 0 radical (unpaired) electrons. The third-order valence-corrected chi connectivity index (χ3v) is 33.7. The molecule has 0 bridgehead atoms. The lowest BCUT2D eigenvalue weighted by Gasteiger charge is -2.31. The summed E-state index contributed by atoms with van der Waals surface area (Å²) in [6.45, 7) is 19.3. The lowest BCUT2D eigenvalue weighted by Crippen LogP contribution is -2.18. The molecule has 712 valence electrons. The Morgan fingerprint density at radius 2 is 0.407 bits per heavy atom. The largest absolute Gasteiger partial charge is 0.310 e. The van der Waals surface area contributed by atoms with Crippen molar-refractivity contribution in [3.8, 4) is 55.9 Å². The summed E-state index contributed by atoms with van der Waals surface area (Å²) in [5.74, 6) is 0. The number of nitrogens with zero attached hydrogens (tertiary/aromatic N) is 6. The van der Waals surface area contributed by atoms with Gasteiger partial charge < -0.3 is 28.7 Å². The Balaban J connectivity index is 0.000000142. The van der Waals surface area contributed by atoms with Gasteiger partial charge in [-0.3, -0.25) is 0 Å². The molecular weight excluding hydrogens is 1810 g/mol. The Bertz CT molecular complexity index is 10100. The van der Waals surface area contributed by atoms with Crippen molar-refractivity contribution in [2.45, 2.75) is 77.0 Å². The molecule has 2 heterocycles. The lowest BCUT2D eigenvalue weighted by molar-refractivity contribution is 0.660. The van der Waals surface area contributed by atoms with Gasteiger partial charge in [0.2, 0.25) is 0 Å². The van der Waals surface area contributed by atoms with Crippen molar-refractivity contribution in [1.29, 1.82) is 0 Å². The van der Waals surface area contributed by atoms with E-state index in [0.29, 0.717) is 0 Å². The molecular formula is C144H106N6. The Morgan fingerprint density at radius 3 is 0.787 bits per heavy atom. The zero-order valence-electron chi connectivity index (χ0n) is 85.0. The van der Waals surface area contributed by atoms with E-state index in [4.69, 9.17) is 0 Å². The van der Waals surface area contributed by atoms with Crippen molar-refractivity contribution in [3.63, 3.8) is 0 Å². The van der Waals surface area contributed by atoms with Gasteiger partial charge in [-0.25, -0.2) is 0 Å². The van der Waals surface area contributed by atoms with Gasteiger partial charge in [0.15, 0.2) is 0 Å².